The van der Waals surface area contributed by atoms with Gasteiger partial charge in [-0.1, -0.05) is 36.4 Å². The molecular formula is C23H18N4O4S. The number of anilines is 1. The second-order valence-electron chi connectivity index (χ2n) is 6.99. The average molecular weight is 446 g/mol. The van der Waals surface area contributed by atoms with Crippen molar-refractivity contribution in [1.29, 1.82) is 5.26 Å². The van der Waals surface area contributed by atoms with Crippen molar-refractivity contribution in [3.63, 3.8) is 0 Å². The maximum atomic E-state index is 13.4. The van der Waals surface area contributed by atoms with Gasteiger partial charge in [-0.3, -0.25) is 10.1 Å². The summed E-state index contributed by atoms with van der Waals surface area (Å²) in [6.45, 7) is 1.76. The van der Waals surface area contributed by atoms with Gasteiger partial charge in [-0.25, -0.2) is 9.80 Å². The summed E-state index contributed by atoms with van der Waals surface area (Å²) in [4.78, 5) is 24.8. The van der Waals surface area contributed by atoms with Crippen molar-refractivity contribution in [3.8, 4) is 6.07 Å². The van der Waals surface area contributed by atoms with Gasteiger partial charge in [0.15, 0.2) is 0 Å². The summed E-state index contributed by atoms with van der Waals surface area (Å²) in [6, 6.07) is 20.8. The molecule has 1 aliphatic rings. The topological polar surface area (TPSA) is 109 Å². The van der Waals surface area contributed by atoms with E-state index < -0.39 is 22.3 Å². The lowest BCUT2D eigenvalue weighted by Crippen LogP contribution is -2.54. The lowest BCUT2D eigenvalue weighted by atomic mass is 9.77. The van der Waals surface area contributed by atoms with E-state index in [1.807, 2.05) is 47.8 Å². The zero-order valence-corrected chi connectivity index (χ0v) is 17.9. The highest BCUT2D eigenvalue weighted by molar-refractivity contribution is 7.12. The van der Waals surface area contributed by atoms with Gasteiger partial charge in [0.2, 0.25) is 0 Å². The van der Waals surface area contributed by atoms with E-state index in [0.29, 0.717) is 11.4 Å². The standard InChI is InChI=1S/C23H18N4O4S/c1-2-31-22(28)23(15-24)20(16-7-4-3-5-8-16)21(19-9-6-14-32-19)25-26(23)17-10-12-18(13-11-17)27(29)30/h3-14,20H,2H2,1H3/t20-,23-/m0/s1. The number of ether oxygens (including phenoxy) is 1. The number of carbonyl (C=O) groups is 1. The highest BCUT2D eigenvalue weighted by Crippen LogP contribution is 2.46. The highest BCUT2D eigenvalue weighted by atomic mass is 32.1. The van der Waals surface area contributed by atoms with E-state index in [4.69, 9.17) is 9.84 Å². The van der Waals surface area contributed by atoms with Gasteiger partial charge in [0.1, 0.15) is 6.07 Å². The van der Waals surface area contributed by atoms with Crippen LogP contribution in [0.3, 0.4) is 0 Å². The molecular weight excluding hydrogens is 428 g/mol. The van der Waals surface area contributed by atoms with E-state index in [1.54, 1.807) is 6.92 Å². The fraction of sp³-hybridized carbons (Fsp3) is 0.174. The molecule has 2 heterocycles. The van der Waals surface area contributed by atoms with E-state index in [9.17, 15) is 20.2 Å². The molecule has 2 atom stereocenters. The zero-order valence-electron chi connectivity index (χ0n) is 17.0. The first-order valence-electron chi connectivity index (χ1n) is 9.83. The minimum absolute atomic E-state index is 0.0895. The van der Waals surface area contributed by atoms with Crippen LogP contribution in [0.1, 0.15) is 23.3 Å². The summed E-state index contributed by atoms with van der Waals surface area (Å²) >= 11 is 1.45. The maximum Gasteiger partial charge on any atom is 0.350 e. The first-order chi connectivity index (χ1) is 15.5. The quantitative estimate of drug-likeness (QED) is 0.314. The summed E-state index contributed by atoms with van der Waals surface area (Å²) in [6.07, 6.45) is 0. The number of carbonyl (C=O) groups excluding carboxylic acids is 1. The van der Waals surface area contributed by atoms with Gasteiger partial charge in [-0.2, -0.15) is 10.4 Å². The van der Waals surface area contributed by atoms with Gasteiger partial charge in [0, 0.05) is 12.1 Å². The Balaban J connectivity index is 1.96. The number of thiophene rings is 1. The highest BCUT2D eigenvalue weighted by Gasteiger charge is 2.60. The van der Waals surface area contributed by atoms with Crippen molar-refractivity contribution in [2.75, 3.05) is 11.6 Å². The lowest BCUT2D eigenvalue weighted by molar-refractivity contribution is -0.384. The van der Waals surface area contributed by atoms with Gasteiger partial charge >= 0.3 is 5.97 Å². The number of rotatable bonds is 6. The van der Waals surface area contributed by atoms with Crippen molar-refractivity contribution in [2.24, 2.45) is 5.10 Å². The van der Waals surface area contributed by atoms with Crippen LogP contribution in [0.4, 0.5) is 11.4 Å². The molecule has 3 aromatic rings. The molecule has 9 heteroatoms. The first-order valence-corrected chi connectivity index (χ1v) is 10.7. The Kier molecular flexibility index (Phi) is 5.71. The van der Waals surface area contributed by atoms with Crippen molar-refractivity contribution in [3.05, 3.63) is 92.7 Å². The molecule has 0 fully saturated rings. The Morgan fingerprint density at radius 3 is 2.50 bits per heavy atom. The van der Waals surface area contributed by atoms with Crippen LogP contribution in [-0.2, 0) is 9.53 Å². The molecule has 0 bridgehead atoms. The summed E-state index contributed by atoms with van der Waals surface area (Å²) in [7, 11) is 0. The van der Waals surface area contributed by atoms with Crippen LogP contribution in [0.2, 0.25) is 0 Å². The monoisotopic (exact) mass is 446 g/mol. The van der Waals surface area contributed by atoms with Crippen LogP contribution in [0.25, 0.3) is 0 Å². The number of hydrazone groups is 1. The van der Waals surface area contributed by atoms with Crippen LogP contribution < -0.4 is 5.01 Å². The number of nitro benzene ring substituents is 1. The number of nitro groups is 1. The van der Waals surface area contributed by atoms with Crippen molar-refractivity contribution in [1.82, 2.24) is 0 Å². The molecule has 0 spiro atoms. The molecule has 2 aromatic carbocycles. The maximum absolute atomic E-state index is 13.4. The van der Waals surface area contributed by atoms with Gasteiger partial charge < -0.3 is 4.74 Å². The molecule has 8 nitrogen and oxygen atoms in total. The van der Waals surface area contributed by atoms with Crippen LogP contribution >= 0.6 is 11.3 Å². The van der Waals surface area contributed by atoms with Crippen molar-refractivity contribution >= 4 is 34.4 Å². The van der Waals surface area contributed by atoms with Crippen molar-refractivity contribution < 1.29 is 14.5 Å². The lowest BCUT2D eigenvalue weighted by Gasteiger charge is -2.33. The molecule has 4 rings (SSSR count). The number of hydrogen-bond donors (Lipinski definition) is 0. The molecule has 0 aliphatic carbocycles. The molecule has 0 unspecified atom stereocenters. The third kappa shape index (κ3) is 3.40. The minimum Gasteiger partial charge on any atom is -0.463 e. The fourth-order valence-electron chi connectivity index (χ4n) is 3.80. The summed E-state index contributed by atoms with van der Waals surface area (Å²) in [5.41, 5.74) is -0.267. The van der Waals surface area contributed by atoms with E-state index in [2.05, 4.69) is 6.07 Å². The number of nitrogens with zero attached hydrogens (tertiary/aromatic N) is 4. The van der Waals surface area contributed by atoms with Crippen LogP contribution in [0, 0.1) is 21.4 Å². The second kappa shape index (κ2) is 8.61. The Labute approximate surface area is 188 Å². The molecule has 160 valence electrons. The Morgan fingerprint density at radius 1 is 1.22 bits per heavy atom. The predicted octanol–water partition coefficient (Wildman–Crippen LogP) is 4.49. The van der Waals surface area contributed by atoms with E-state index in [1.165, 1.54) is 40.6 Å². The van der Waals surface area contributed by atoms with Crippen LogP contribution in [0.15, 0.2) is 77.2 Å². The Morgan fingerprint density at radius 2 is 1.94 bits per heavy atom. The summed E-state index contributed by atoms with van der Waals surface area (Å²) < 4.78 is 5.37. The molecule has 0 saturated carbocycles. The molecule has 32 heavy (non-hydrogen) atoms. The average Bonchev–Trinajstić information content (AvgIpc) is 3.46. The largest absolute Gasteiger partial charge is 0.463 e. The number of benzene rings is 2. The van der Waals surface area contributed by atoms with Gasteiger partial charge in [-0.05, 0) is 36.1 Å². The normalized spacial score (nSPS) is 19.8. The summed E-state index contributed by atoms with van der Waals surface area (Å²) in [5, 5.41) is 29.5. The Bertz CT molecular complexity index is 1200. The molecule has 0 saturated heterocycles. The third-order valence-electron chi connectivity index (χ3n) is 5.20. The number of hydrogen-bond acceptors (Lipinski definition) is 8. The van der Waals surface area contributed by atoms with Crippen LogP contribution in [0.5, 0.6) is 0 Å². The van der Waals surface area contributed by atoms with Gasteiger partial charge in [-0.15, -0.1) is 11.3 Å². The zero-order chi connectivity index (χ0) is 22.7. The summed E-state index contributed by atoms with van der Waals surface area (Å²) in [5.74, 6) is -1.47. The number of esters is 1. The number of non-ortho nitro benzene ring substituents is 1. The third-order valence-corrected chi connectivity index (χ3v) is 6.09. The van der Waals surface area contributed by atoms with Gasteiger partial charge in [0.25, 0.3) is 11.2 Å². The fourth-order valence-corrected chi connectivity index (χ4v) is 4.55. The first kappa shape index (κ1) is 21.2. The van der Waals surface area contributed by atoms with Gasteiger partial charge in [0.05, 0.1) is 33.7 Å². The predicted molar refractivity (Wildman–Crippen MR) is 121 cm³/mol. The van der Waals surface area contributed by atoms with E-state index in [-0.39, 0.29) is 12.3 Å². The molecule has 1 aromatic heterocycles. The molecule has 1 aliphatic heterocycles. The number of nitriles is 1. The van der Waals surface area contributed by atoms with Crippen molar-refractivity contribution in [2.45, 2.75) is 18.4 Å². The second-order valence-corrected chi connectivity index (χ2v) is 7.94. The molecule has 0 amide bonds. The van der Waals surface area contributed by atoms with E-state index >= 15 is 0 Å². The smallest absolute Gasteiger partial charge is 0.350 e. The minimum atomic E-state index is -1.83. The molecule has 0 N–H and O–H groups in total. The van der Waals surface area contributed by atoms with E-state index in [0.717, 1.165) is 10.4 Å². The SMILES string of the molecule is CCOC(=O)[C@]1(C#N)[C@@H](c2ccccc2)C(c2cccs2)=NN1c1ccc([N+](=O)[O-])cc1. The molecule has 0 radical (unpaired) electrons. The Hall–Kier alpha value is -4.03. The van der Waals surface area contributed by atoms with Crippen LogP contribution in [-0.4, -0.2) is 28.8 Å².